The van der Waals surface area contributed by atoms with Gasteiger partial charge in [0.25, 0.3) is 0 Å². The molecule has 0 saturated carbocycles. The zero-order valence-electron chi connectivity index (χ0n) is 12.1. The van der Waals surface area contributed by atoms with Crippen LogP contribution < -0.4 is 4.74 Å². The van der Waals surface area contributed by atoms with Gasteiger partial charge in [-0.15, -0.1) is 11.8 Å². The van der Waals surface area contributed by atoms with Crippen molar-refractivity contribution in [2.45, 2.75) is 18.2 Å². The molecule has 4 heteroatoms. The predicted octanol–water partition coefficient (Wildman–Crippen LogP) is 4.04. The van der Waals surface area contributed by atoms with E-state index < -0.39 is 5.97 Å². The van der Waals surface area contributed by atoms with Crippen molar-refractivity contribution in [3.8, 4) is 5.75 Å². The van der Waals surface area contributed by atoms with Gasteiger partial charge >= 0.3 is 5.97 Å². The third-order valence-corrected chi connectivity index (χ3v) is 4.08. The summed E-state index contributed by atoms with van der Waals surface area (Å²) in [7, 11) is 0. The molecule has 0 aliphatic rings. The standard InChI is InChI=1S/C17H18O3S/c1-12-5-3-4-6-13(12)9-10-20-15-11-14(17(18)19)7-8-16(15)21-2/h3-8,11H,9-10H2,1-2H3,(H,18,19). The number of thioether (sulfide) groups is 1. The van der Waals surface area contributed by atoms with Crippen LogP contribution in [0.5, 0.6) is 5.75 Å². The molecule has 0 aliphatic carbocycles. The minimum Gasteiger partial charge on any atom is -0.492 e. The van der Waals surface area contributed by atoms with Crippen LogP contribution >= 0.6 is 11.8 Å². The number of carboxylic acids is 1. The Balaban J connectivity index is 2.07. The molecule has 0 amide bonds. The molecular formula is C17H18O3S. The molecule has 0 radical (unpaired) electrons. The van der Waals surface area contributed by atoms with E-state index >= 15 is 0 Å². The van der Waals surface area contributed by atoms with Crippen molar-refractivity contribution in [1.82, 2.24) is 0 Å². The summed E-state index contributed by atoms with van der Waals surface area (Å²) in [5.41, 5.74) is 2.74. The molecule has 21 heavy (non-hydrogen) atoms. The van der Waals surface area contributed by atoms with Gasteiger partial charge in [-0.1, -0.05) is 24.3 Å². The highest BCUT2D eigenvalue weighted by atomic mass is 32.2. The number of aromatic carboxylic acids is 1. The van der Waals surface area contributed by atoms with Crippen LogP contribution in [0.25, 0.3) is 0 Å². The van der Waals surface area contributed by atoms with Crippen molar-refractivity contribution < 1.29 is 14.6 Å². The van der Waals surface area contributed by atoms with Gasteiger partial charge in [0.15, 0.2) is 0 Å². The van der Waals surface area contributed by atoms with E-state index in [2.05, 4.69) is 19.1 Å². The number of aryl methyl sites for hydroxylation is 1. The summed E-state index contributed by atoms with van der Waals surface area (Å²) in [6, 6.07) is 13.2. The number of hydrogen-bond acceptors (Lipinski definition) is 3. The van der Waals surface area contributed by atoms with Crippen LogP contribution in [0.15, 0.2) is 47.4 Å². The van der Waals surface area contributed by atoms with Crippen molar-refractivity contribution in [1.29, 1.82) is 0 Å². The van der Waals surface area contributed by atoms with Crippen molar-refractivity contribution >= 4 is 17.7 Å². The fourth-order valence-electron chi connectivity index (χ4n) is 2.08. The molecule has 0 aliphatic heterocycles. The maximum atomic E-state index is 11.0. The SMILES string of the molecule is CSc1ccc(C(=O)O)cc1OCCc1ccccc1C. The zero-order chi connectivity index (χ0) is 15.2. The average Bonchev–Trinajstić information content (AvgIpc) is 2.49. The molecular weight excluding hydrogens is 284 g/mol. The molecule has 0 unspecified atom stereocenters. The van der Waals surface area contributed by atoms with Gasteiger partial charge in [-0.05, 0) is 42.5 Å². The van der Waals surface area contributed by atoms with Gasteiger partial charge in [0.1, 0.15) is 5.75 Å². The Morgan fingerprint density at radius 1 is 1.24 bits per heavy atom. The highest BCUT2D eigenvalue weighted by Crippen LogP contribution is 2.29. The smallest absolute Gasteiger partial charge is 0.335 e. The van der Waals surface area contributed by atoms with Crippen LogP contribution in [0.4, 0.5) is 0 Å². The van der Waals surface area contributed by atoms with Crippen molar-refractivity contribution in [3.05, 3.63) is 59.2 Å². The molecule has 3 nitrogen and oxygen atoms in total. The monoisotopic (exact) mass is 302 g/mol. The number of carboxylic acid groups (broad SMARTS) is 1. The maximum absolute atomic E-state index is 11.0. The van der Waals surface area contributed by atoms with E-state index in [-0.39, 0.29) is 5.56 Å². The van der Waals surface area contributed by atoms with Crippen molar-refractivity contribution in [3.63, 3.8) is 0 Å². The first-order chi connectivity index (χ1) is 10.1. The summed E-state index contributed by atoms with van der Waals surface area (Å²) in [5.74, 6) is -0.303. The molecule has 2 aromatic rings. The lowest BCUT2D eigenvalue weighted by Crippen LogP contribution is -2.05. The van der Waals surface area contributed by atoms with Crippen LogP contribution in [-0.2, 0) is 6.42 Å². The Morgan fingerprint density at radius 3 is 2.67 bits per heavy atom. The summed E-state index contributed by atoms with van der Waals surface area (Å²) in [6.07, 6.45) is 2.75. The topological polar surface area (TPSA) is 46.5 Å². The molecule has 0 atom stereocenters. The number of ether oxygens (including phenoxy) is 1. The van der Waals surface area contributed by atoms with Crippen molar-refractivity contribution in [2.75, 3.05) is 12.9 Å². The van der Waals surface area contributed by atoms with E-state index in [1.807, 2.05) is 18.4 Å². The molecule has 0 spiro atoms. The highest BCUT2D eigenvalue weighted by Gasteiger charge is 2.09. The molecule has 0 heterocycles. The van der Waals surface area contributed by atoms with E-state index in [4.69, 9.17) is 9.84 Å². The Hall–Kier alpha value is -1.94. The van der Waals surface area contributed by atoms with Gasteiger partial charge < -0.3 is 9.84 Å². The third kappa shape index (κ3) is 4.02. The first kappa shape index (κ1) is 15.4. The first-order valence-corrected chi connectivity index (χ1v) is 7.93. The Kier molecular flexibility index (Phi) is 5.28. The number of benzene rings is 2. The fraction of sp³-hybridized carbons (Fsp3) is 0.235. The molecule has 0 bridgehead atoms. The van der Waals surface area contributed by atoms with Crippen LogP contribution in [0, 0.1) is 6.92 Å². The molecule has 0 aromatic heterocycles. The molecule has 110 valence electrons. The lowest BCUT2D eigenvalue weighted by Gasteiger charge is -2.12. The third-order valence-electron chi connectivity index (χ3n) is 3.30. The molecule has 0 fully saturated rings. The van der Waals surface area contributed by atoms with E-state index in [0.717, 1.165) is 11.3 Å². The fourth-order valence-corrected chi connectivity index (χ4v) is 2.61. The van der Waals surface area contributed by atoms with Crippen LogP contribution in [-0.4, -0.2) is 23.9 Å². The lowest BCUT2D eigenvalue weighted by atomic mass is 10.1. The second-order valence-corrected chi connectivity index (χ2v) is 5.54. The summed E-state index contributed by atoms with van der Waals surface area (Å²) in [5, 5.41) is 9.05. The van der Waals surface area contributed by atoms with E-state index in [9.17, 15) is 4.79 Å². The maximum Gasteiger partial charge on any atom is 0.335 e. The summed E-state index contributed by atoms with van der Waals surface area (Å²) in [6.45, 7) is 2.61. The molecule has 2 rings (SSSR count). The van der Waals surface area contributed by atoms with Gasteiger partial charge in [0.05, 0.1) is 12.2 Å². The van der Waals surface area contributed by atoms with Gasteiger partial charge in [0, 0.05) is 11.3 Å². The Labute approximate surface area is 129 Å². The largest absolute Gasteiger partial charge is 0.492 e. The number of rotatable bonds is 6. The van der Waals surface area contributed by atoms with Gasteiger partial charge in [-0.2, -0.15) is 0 Å². The van der Waals surface area contributed by atoms with E-state index in [1.165, 1.54) is 11.1 Å². The number of hydrogen-bond donors (Lipinski definition) is 1. The van der Waals surface area contributed by atoms with Crippen LogP contribution in [0.2, 0.25) is 0 Å². The van der Waals surface area contributed by atoms with Gasteiger partial charge in [-0.25, -0.2) is 4.79 Å². The van der Waals surface area contributed by atoms with Gasteiger partial charge in [-0.3, -0.25) is 0 Å². The molecule has 2 aromatic carbocycles. The lowest BCUT2D eigenvalue weighted by molar-refractivity contribution is 0.0696. The second-order valence-electron chi connectivity index (χ2n) is 4.70. The van der Waals surface area contributed by atoms with E-state index in [1.54, 1.807) is 30.0 Å². The Bertz CT molecular complexity index is 638. The summed E-state index contributed by atoms with van der Waals surface area (Å²) >= 11 is 1.55. The van der Waals surface area contributed by atoms with Gasteiger partial charge in [0.2, 0.25) is 0 Å². The minimum atomic E-state index is -0.939. The molecule has 1 N–H and O–H groups in total. The quantitative estimate of drug-likeness (QED) is 0.818. The summed E-state index contributed by atoms with van der Waals surface area (Å²) < 4.78 is 5.79. The summed E-state index contributed by atoms with van der Waals surface area (Å²) in [4.78, 5) is 12.0. The van der Waals surface area contributed by atoms with E-state index in [0.29, 0.717) is 12.4 Å². The Morgan fingerprint density at radius 2 is 2.00 bits per heavy atom. The first-order valence-electron chi connectivity index (χ1n) is 6.70. The van der Waals surface area contributed by atoms with Crippen molar-refractivity contribution in [2.24, 2.45) is 0 Å². The van der Waals surface area contributed by atoms with Crippen LogP contribution in [0.1, 0.15) is 21.5 Å². The predicted molar refractivity (Wildman–Crippen MR) is 85.6 cm³/mol. The zero-order valence-corrected chi connectivity index (χ0v) is 12.9. The van der Waals surface area contributed by atoms with Crippen LogP contribution in [0.3, 0.4) is 0 Å². The normalized spacial score (nSPS) is 10.4. The second kappa shape index (κ2) is 7.18. The molecule has 0 saturated heterocycles. The highest BCUT2D eigenvalue weighted by molar-refractivity contribution is 7.98. The average molecular weight is 302 g/mol. The number of carbonyl (C=O) groups is 1. The minimum absolute atomic E-state index is 0.249.